The summed E-state index contributed by atoms with van der Waals surface area (Å²) in [4.78, 5) is 0. The first kappa shape index (κ1) is 15.9. The monoisotopic (exact) mass is 383 g/mol. The van der Waals surface area contributed by atoms with Crippen LogP contribution < -0.4 is 16.5 Å². The number of nitrogens with one attached hydrogen (secondary N) is 2. The summed E-state index contributed by atoms with van der Waals surface area (Å²) in [6.07, 6.45) is 0. The van der Waals surface area contributed by atoms with Gasteiger partial charge in [-0.05, 0) is 55.8 Å². The van der Waals surface area contributed by atoms with Gasteiger partial charge in [-0.15, -0.1) is 0 Å². The van der Waals surface area contributed by atoms with Gasteiger partial charge in [0.05, 0.1) is 17.0 Å². The molecule has 8 heteroatoms. The molecule has 1 aromatic heterocycles. The molecule has 110 valence electrons. The first-order chi connectivity index (χ1) is 9.97. The predicted molar refractivity (Wildman–Crippen MR) is 97.0 cm³/mol. The van der Waals surface area contributed by atoms with Crippen molar-refractivity contribution in [1.29, 1.82) is 0 Å². The van der Waals surface area contributed by atoms with Crippen molar-refractivity contribution in [2.24, 2.45) is 5.10 Å². The molecule has 0 spiro atoms. The van der Waals surface area contributed by atoms with Gasteiger partial charge in [0.25, 0.3) is 0 Å². The number of thiocarbonyl (C=S) groups is 1. The van der Waals surface area contributed by atoms with E-state index >= 15 is 0 Å². The summed E-state index contributed by atoms with van der Waals surface area (Å²) in [5, 5.41) is 8.36. The molecule has 0 saturated heterocycles. The number of nitrogen functional groups attached to an aromatic ring is 1. The van der Waals surface area contributed by atoms with Crippen LogP contribution in [0.4, 0.5) is 10.7 Å². The summed E-state index contributed by atoms with van der Waals surface area (Å²) in [5.41, 5.74) is 12.0. The first-order valence-electron chi connectivity index (χ1n) is 6.06. The molecule has 0 aliphatic carbocycles. The molecule has 0 aliphatic heterocycles. The molecule has 0 radical (unpaired) electrons. The van der Waals surface area contributed by atoms with Crippen molar-refractivity contribution in [1.82, 2.24) is 9.80 Å². The fourth-order valence-corrected chi connectivity index (χ4v) is 3.02. The SMILES string of the molecule is C/C(=N/NC(=S)Nc1cccc(Br)c1)c1c(C)nsc1N. The Kier molecular flexibility index (Phi) is 5.27. The van der Waals surface area contributed by atoms with E-state index in [0.717, 1.165) is 27.1 Å². The molecule has 0 bridgehead atoms. The summed E-state index contributed by atoms with van der Waals surface area (Å²) >= 11 is 9.87. The van der Waals surface area contributed by atoms with Crippen LogP contribution in [0.1, 0.15) is 18.2 Å². The summed E-state index contributed by atoms with van der Waals surface area (Å²) in [5.74, 6) is 0. The zero-order valence-corrected chi connectivity index (χ0v) is 14.7. The van der Waals surface area contributed by atoms with E-state index in [2.05, 4.69) is 36.1 Å². The van der Waals surface area contributed by atoms with Gasteiger partial charge in [-0.3, -0.25) is 5.43 Å². The van der Waals surface area contributed by atoms with Crippen molar-refractivity contribution in [2.75, 3.05) is 11.1 Å². The third-order valence-electron chi connectivity index (χ3n) is 2.66. The summed E-state index contributed by atoms with van der Waals surface area (Å²) in [7, 11) is 0. The van der Waals surface area contributed by atoms with Gasteiger partial charge >= 0.3 is 0 Å². The highest BCUT2D eigenvalue weighted by Crippen LogP contribution is 2.21. The number of benzene rings is 1. The lowest BCUT2D eigenvalue weighted by Crippen LogP contribution is -2.25. The molecule has 0 fully saturated rings. The van der Waals surface area contributed by atoms with Crippen molar-refractivity contribution in [2.45, 2.75) is 13.8 Å². The zero-order valence-electron chi connectivity index (χ0n) is 11.5. The van der Waals surface area contributed by atoms with Gasteiger partial charge < -0.3 is 11.1 Å². The molecule has 0 unspecified atom stereocenters. The minimum atomic E-state index is 0.409. The van der Waals surface area contributed by atoms with Crippen LogP contribution in [0.25, 0.3) is 0 Å². The molecule has 0 saturated carbocycles. The van der Waals surface area contributed by atoms with Crippen LogP contribution in [-0.4, -0.2) is 15.2 Å². The summed E-state index contributed by atoms with van der Waals surface area (Å²) in [6, 6.07) is 7.71. The van der Waals surface area contributed by atoms with Crippen molar-refractivity contribution in [3.05, 3.63) is 40.0 Å². The van der Waals surface area contributed by atoms with Crippen molar-refractivity contribution < 1.29 is 0 Å². The minimum Gasteiger partial charge on any atom is -0.389 e. The highest BCUT2D eigenvalue weighted by atomic mass is 79.9. The maximum atomic E-state index is 5.88. The summed E-state index contributed by atoms with van der Waals surface area (Å²) < 4.78 is 5.17. The lowest BCUT2D eigenvalue weighted by atomic mass is 10.2. The van der Waals surface area contributed by atoms with Crippen LogP contribution in [-0.2, 0) is 0 Å². The van der Waals surface area contributed by atoms with Crippen LogP contribution in [0.3, 0.4) is 0 Å². The molecule has 2 rings (SSSR count). The molecular weight excluding hydrogens is 370 g/mol. The lowest BCUT2D eigenvalue weighted by molar-refractivity contribution is 1.04. The second-order valence-electron chi connectivity index (χ2n) is 4.28. The van der Waals surface area contributed by atoms with E-state index in [9.17, 15) is 0 Å². The molecule has 21 heavy (non-hydrogen) atoms. The fraction of sp³-hybridized carbons (Fsp3) is 0.154. The Morgan fingerprint density at radius 3 is 2.86 bits per heavy atom. The normalized spacial score (nSPS) is 11.3. The van der Waals surface area contributed by atoms with Crippen LogP contribution in [0.15, 0.2) is 33.8 Å². The smallest absolute Gasteiger partial charge is 0.191 e. The molecule has 0 amide bonds. The Balaban J connectivity index is 2.02. The first-order valence-corrected chi connectivity index (χ1v) is 8.04. The second-order valence-corrected chi connectivity index (χ2v) is 6.41. The van der Waals surface area contributed by atoms with Gasteiger partial charge in [-0.2, -0.15) is 9.47 Å². The number of hydrazone groups is 1. The van der Waals surface area contributed by atoms with Crippen molar-refractivity contribution >= 4 is 61.2 Å². The number of hydrogen-bond donors (Lipinski definition) is 3. The van der Waals surface area contributed by atoms with Crippen molar-refractivity contribution in [3.8, 4) is 0 Å². The fourth-order valence-electron chi connectivity index (χ4n) is 1.74. The Hall–Kier alpha value is -1.51. The van der Waals surface area contributed by atoms with E-state index < -0.39 is 0 Å². The maximum absolute atomic E-state index is 5.88. The topological polar surface area (TPSA) is 75.3 Å². The van der Waals surface area contributed by atoms with E-state index in [-0.39, 0.29) is 0 Å². The zero-order chi connectivity index (χ0) is 15.4. The van der Waals surface area contributed by atoms with Gasteiger partial charge in [-0.1, -0.05) is 22.0 Å². The Morgan fingerprint density at radius 2 is 2.24 bits per heavy atom. The Morgan fingerprint density at radius 1 is 1.48 bits per heavy atom. The Bertz CT molecular complexity index is 676. The van der Waals surface area contributed by atoms with Gasteiger partial charge in [0.15, 0.2) is 5.11 Å². The molecule has 4 N–H and O–H groups in total. The molecule has 0 aliphatic rings. The molecular formula is C13H14BrN5S2. The van der Waals surface area contributed by atoms with Gasteiger partial charge in [-0.25, -0.2) is 0 Å². The van der Waals surface area contributed by atoms with Crippen molar-refractivity contribution in [3.63, 3.8) is 0 Å². The second kappa shape index (κ2) is 6.97. The average molecular weight is 384 g/mol. The number of nitrogens with two attached hydrogens (primary N) is 1. The molecule has 0 atom stereocenters. The van der Waals surface area contributed by atoms with Gasteiger partial charge in [0, 0.05) is 10.2 Å². The van der Waals surface area contributed by atoms with E-state index in [1.165, 1.54) is 11.5 Å². The third kappa shape index (κ3) is 4.23. The lowest BCUT2D eigenvalue weighted by Gasteiger charge is -2.08. The number of aryl methyl sites for hydroxylation is 1. The molecule has 1 heterocycles. The van der Waals surface area contributed by atoms with E-state index in [1.807, 2.05) is 38.1 Å². The number of halogens is 1. The van der Waals surface area contributed by atoms with Gasteiger partial charge in [0.1, 0.15) is 5.00 Å². The molecule has 5 nitrogen and oxygen atoms in total. The number of aromatic nitrogens is 1. The number of anilines is 2. The Labute approximate surface area is 140 Å². The third-order valence-corrected chi connectivity index (χ3v) is 4.11. The standard InChI is InChI=1S/C13H14BrN5S2/c1-7(11-8(2)19-21-12(11)15)17-18-13(20)16-10-5-3-4-9(14)6-10/h3-6H,15H2,1-2H3,(H2,16,18,20)/b17-7-. The van der Waals surface area contributed by atoms with Gasteiger partial charge in [0.2, 0.25) is 0 Å². The highest BCUT2D eigenvalue weighted by molar-refractivity contribution is 9.10. The maximum Gasteiger partial charge on any atom is 0.191 e. The predicted octanol–water partition coefficient (Wildman–Crippen LogP) is 3.51. The highest BCUT2D eigenvalue weighted by Gasteiger charge is 2.10. The van der Waals surface area contributed by atoms with Crippen LogP contribution in [0.2, 0.25) is 0 Å². The van der Waals surface area contributed by atoms with Crippen LogP contribution in [0, 0.1) is 6.92 Å². The van der Waals surface area contributed by atoms with Crippen LogP contribution in [0.5, 0.6) is 0 Å². The number of hydrogen-bond acceptors (Lipinski definition) is 5. The summed E-state index contributed by atoms with van der Waals surface area (Å²) in [6.45, 7) is 3.76. The molecule has 2 aromatic rings. The van der Waals surface area contributed by atoms with E-state index in [0.29, 0.717) is 10.1 Å². The van der Waals surface area contributed by atoms with Crippen LogP contribution >= 0.6 is 39.7 Å². The minimum absolute atomic E-state index is 0.409. The quantitative estimate of drug-likeness (QED) is 0.429. The largest absolute Gasteiger partial charge is 0.389 e. The number of nitrogens with zero attached hydrogens (tertiary/aromatic N) is 2. The average Bonchev–Trinajstić information content (AvgIpc) is 2.76. The molecule has 1 aromatic carbocycles. The van der Waals surface area contributed by atoms with E-state index in [4.69, 9.17) is 18.0 Å². The number of rotatable bonds is 3. The van der Waals surface area contributed by atoms with E-state index in [1.54, 1.807) is 0 Å².